The molecule has 4 aliphatic rings. The van der Waals surface area contributed by atoms with Gasteiger partial charge in [-0.15, -0.1) is 0 Å². The molecule has 8 unspecified atom stereocenters. The van der Waals surface area contributed by atoms with Crippen LogP contribution in [0.25, 0.3) is 0 Å². The quantitative estimate of drug-likeness (QED) is 0.557. The van der Waals surface area contributed by atoms with Gasteiger partial charge in [0.25, 0.3) is 0 Å². The van der Waals surface area contributed by atoms with Gasteiger partial charge in [0.2, 0.25) is 0 Å². The molecular weight excluding hydrogens is 347 g/mol. The van der Waals surface area contributed by atoms with Crippen molar-refractivity contribution in [2.24, 2.45) is 34.5 Å². The van der Waals surface area contributed by atoms with Crippen molar-refractivity contribution in [2.45, 2.75) is 78.2 Å². The van der Waals surface area contributed by atoms with Crippen molar-refractivity contribution in [2.75, 3.05) is 0 Å². The number of carbonyl (C=O) groups is 1. The molecule has 146 valence electrons. The van der Waals surface area contributed by atoms with E-state index in [0.717, 1.165) is 32.1 Å². The fourth-order valence-electron chi connectivity index (χ4n) is 7.54. The SMILES string of the molecule is CC(=O)C1CCC2C3CC=C4CC(O[PH](=O)O)CCC4(C)C3CCC12C. The first kappa shape index (κ1) is 18.9. The predicted molar refractivity (Wildman–Crippen MR) is 102 cm³/mol. The van der Waals surface area contributed by atoms with Crippen LogP contribution in [0.1, 0.15) is 72.1 Å². The van der Waals surface area contributed by atoms with Crippen LogP contribution in [-0.2, 0) is 13.9 Å². The molecule has 0 heterocycles. The van der Waals surface area contributed by atoms with E-state index in [-0.39, 0.29) is 22.9 Å². The number of fused-ring (bicyclic) bond motifs is 5. The van der Waals surface area contributed by atoms with Crippen molar-refractivity contribution in [3.05, 3.63) is 11.6 Å². The second kappa shape index (κ2) is 6.57. The molecule has 4 rings (SSSR count). The molecule has 4 nitrogen and oxygen atoms in total. The Balaban J connectivity index is 1.59. The van der Waals surface area contributed by atoms with Gasteiger partial charge in [-0.25, -0.2) is 0 Å². The van der Waals surface area contributed by atoms with Gasteiger partial charge < -0.3 is 9.42 Å². The Hall–Kier alpha value is -0.440. The van der Waals surface area contributed by atoms with Gasteiger partial charge in [0.15, 0.2) is 0 Å². The maximum Gasteiger partial charge on any atom is 0.316 e. The molecule has 0 aliphatic heterocycles. The number of rotatable bonds is 3. The molecule has 3 fully saturated rings. The van der Waals surface area contributed by atoms with E-state index in [2.05, 4.69) is 19.9 Å². The van der Waals surface area contributed by atoms with Crippen molar-refractivity contribution in [3.63, 3.8) is 0 Å². The average Bonchev–Trinajstić information content (AvgIpc) is 2.92. The van der Waals surface area contributed by atoms with Crippen LogP contribution in [0.3, 0.4) is 0 Å². The van der Waals surface area contributed by atoms with Gasteiger partial charge in [-0.05, 0) is 86.9 Å². The Morgan fingerprint density at radius 2 is 1.96 bits per heavy atom. The lowest BCUT2D eigenvalue weighted by atomic mass is 9.47. The number of carbonyl (C=O) groups excluding carboxylic acids is 1. The number of ketones is 1. The topological polar surface area (TPSA) is 63.6 Å². The third-order valence-electron chi connectivity index (χ3n) is 8.82. The lowest BCUT2D eigenvalue weighted by Gasteiger charge is -2.58. The van der Waals surface area contributed by atoms with E-state index in [1.54, 1.807) is 6.92 Å². The molecule has 0 radical (unpaired) electrons. The van der Waals surface area contributed by atoms with E-state index >= 15 is 0 Å². The van der Waals surface area contributed by atoms with Crippen LogP contribution in [0.5, 0.6) is 0 Å². The zero-order valence-electron chi connectivity index (χ0n) is 16.3. The molecule has 1 N–H and O–H groups in total. The molecule has 0 aromatic carbocycles. The Bertz CT molecular complexity index is 658. The minimum absolute atomic E-state index is 0.0929. The van der Waals surface area contributed by atoms with E-state index in [1.807, 2.05) is 0 Å². The van der Waals surface area contributed by atoms with E-state index in [1.165, 1.54) is 24.8 Å². The fraction of sp³-hybridized carbons (Fsp3) is 0.857. The minimum Gasteiger partial charge on any atom is -0.326 e. The largest absolute Gasteiger partial charge is 0.326 e. The summed E-state index contributed by atoms with van der Waals surface area (Å²) in [5.74, 6) is 2.72. The highest BCUT2D eigenvalue weighted by atomic mass is 31.1. The molecule has 4 aliphatic carbocycles. The van der Waals surface area contributed by atoms with Crippen molar-refractivity contribution in [1.82, 2.24) is 0 Å². The lowest BCUT2D eigenvalue weighted by Crippen LogP contribution is -2.51. The number of Topliss-reactive ketones (excluding diaryl/α,β-unsaturated/α-hetero) is 1. The molecule has 0 saturated heterocycles. The molecule has 8 atom stereocenters. The second-order valence-corrected chi connectivity index (χ2v) is 10.6. The van der Waals surface area contributed by atoms with Gasteiger partial charge >= 0.3 is 8.25 Å². The molecule has 0 aromatic rings. The Morgan fingerprint density at radius 3 is 2.65 bits per heavy atom. The molecule has 0 spiro atoms. The van der Waals surface area contributed by atoms with Crippen LogP contribution in [0, 0.1) is 34.5 Å². The molecule has 26 heavy (non-hydrogen) atoms. The summed E-state index contributed by atoms with van der Waals surface area (Å²) < 4.78 is 16.4. The summed E-state index contributed by atoms with van der Waals surface area (Å²) in [5, 5.41) is 0. The van der Waals surface area contributed by atoms with Crippen molar-refractivity contribution < 1.29 is 18.8 Å². The van der Waals surface area contributed by atoms with E-state index < -0.39 is 8.25 Å². The van der Waals surface area contributed by atoms with Gasteiger partial charge in [-0.2, -0.15) is 0 Å². The number of hydrogen-bond donors (Lipinski definition) is 1. The summed E-state index contributed by atoms with van der Waals surface area (Å²) in [6, 6.07) is 0. The van der Waals surface area contributed by atoms with Crippen molar-refractivity contribution in [1.29, 1.82) is 0 Å². The lowest BCUT2D eigenvalue weighted by molar-refractivity contribution is -0.127. The van der Waals surface area contributed by atoms with Gasteiger partial charge in [0.05, 0.1) is 6.10 Å². The van der Waals surface area contributed by atoms with E-state index in [9.17, 15) is 9.36 Å². The highest BCUT2D eigenvalue weighted by molar-refractivity contribution is 7.32. The smallest absolute Gasteiger partial charge is 0.316 e. The van der Waals surface area contributed by atoms with Gasteiger partial charge in [0, 0.05) is 5.92 Å². The third-order valence-corrected chi connectivity index (χ3v) is 9.35. The first-order valence-corrected chi connectivity index (χ1v) is 11.6. The molecule has 0 aromatic heterocycles. The summed E-state index contributed by atoms with van der Waals surface area (Å²) in [7, 11) is -2.86. The van der Waals surface area contributed by atoms with Crippen molar-refractivity contribution in [3.8, 4) is 0 Å². The normalized spacial score (nSPS) is 48.8. The summed E-state index contributed by atoms with van der Waals surface area (Å²) in [5.41, 5.74) is 1.87. The van der Waals surface area contributed by atoms with Gasteiger partial charge in [-0.3, -0.25) is 9.36 Å². The minimum atomic E-state index is -2.86. The summed E-state index contributed by atoms with van der Waals surface area (Å²) in [6.07, 6.45) is 10.9. The molecule has 3 saturated carbocycles. The molecule has 0 amide bonds. The highest BCUT2D eigenvalue weighted by Crippen LogP contribution is 2.66. The van der Waals surface area contributed by atoms with E-state index in [0.29, 0.717) is 23.5 Å². The predicted octanol–water partition coefficient (Wildman–Crippen LogP) is 4.92. The maximum absolute atomic E-state index is 12.2. The Morgan fingerprint density at radius 1 is 1.19 bits per heavy atom. The van der Waals surface area contributed by atoms with Gasteiger partial charge in [-0.1, -0.05) is 25.5 Å². The van der Waals surface area contributed by atoms with Gasteiger partial charge in [0.1, 0.15) is 5.78 Å². The third kappa shape index (κ3) is 2.79. The van der Waals surface area contributed by atoms with Crippen LogP contribution < -0.4 is 0 Å². The Kier molecular flexibility index (Phi) is 4.77. The first-order valence-electron chi connectivity index (χ1n) is 10.4. The van der Waals surface area contributed by atoms with Crippen LogP contribution in [0.4, 0.5) is 0 Å². The summed E-state index contributed by atoms with van der Waals surface area (Å²) >= 11 is 0. The second-order valence-electron chi connectivity index (χ2n) is 9.79. The number of hydrogen-bond acceptors (Lipinski definition) is 3. The van der Waals surface area contributed by atoms with Crippen LogP contribution in [0.2, 0.25) is 0 Å². The monoisotopic (exact) mass is 380 g/mol. The van der Waals surface area contributed by atoms with Crippen molar-refractivity contribution >= 4 is 14.0 Å². The average molecular weight is 380 g/mol. The molecule has 5 heteroatoms. The van der Waals surface area contributed by atoms with Crippen LogP contribution in [0.15, 0.2) is 11.6 Å². The molecule has 0 bridgehead atoms. The summed E-state index contributed by atoms with van der Waals surface area (Å²) in [4.78, 5) is 21.3. The fourth-order valence-corrected chi connectivity index (χ4v) is 8.02. The zero-order chi connectivity index (χ0) is 18.7. The van der Waals surface area contributed by atoms with Crippen LogP contribution in [-0.4, -0.2) is 16.8 Å². The maximum atomic E-state index is 12.2. The highest BCUT2D eigenvalue weighted by Gasteiger charge is 2.59. The zero-order valence-corrected chi connectivity index (χ0v) is 17.3. The van der Waals surface area contributed by atoms with Crippen LogP contribution >= 0.6 is 8.25 Å². The van der Waals surface area contributed by atoms with E-state index in [4.69, 9.17) is 9.42 Å². The summed E-state index contributed by atoms with van der Waals surface area (Å²) in [6.45, 7) is 6.60. The standard InChI is InChI=1S/C21H33O4P/c1-13(22)17-6-7-18-16-5-4-14-12-15(25-26(23)24)8-10-20(14,2)19(16)9-11-21(17,18)3/h4,15-19,26H,5-12H2,1-3H3,(H,23,24). The first-order chi connectivity index (χ1) is 12.3. The Labute approximate surface area is 157 Å². The number of allylic oxidation sites excluding steroid dienone is 1. The molecular formula is C21H33O4P.